The minimum absolute atomic E-state index is 0.760. The first kappa shape index (κ1) is 11.0. The highest BCUT2D eigenvalue weighted by atomic mass is 15.1. The van der Waals surface area contributed by atoms with Gasteiger partial charge < -0.3 is 10.6 Å². The van der Waals surface area contributed by atoms with E-state index in [0.717, 1.165) is 40.6 Å². The lowest BCUT2D eigenvalue weighted by atomic mass is 10.1. The molecular formula is C15H13N5. The summed E-state index contributed by atoms with van der Waals surface area (Å²) >= 11 is 0. The second-order valence-corrected chi connectivity index (χ2v) is 4.72. The van der Waals surface area contributed by atoms with Crippen molar-refractivity contribution in [2.24, 2.45) is 0 Å². The molecule has 20 heavy (non-hydrogen) atoms. The van der Waals surface area contributed by atoms with E-state index in [-0.39, 0.29) is 0 Å². The van der Waals surface area contributed by atoms with Gasteiger partial charge in [-0.05, 0) is 24.3 Å². The minimum Gasteiger partial charge on any atom is -0.379 e. The van der Waals surface area contributed by atoms with Crippen molar-refractivity contribution in [3.8, 4) is 11.3 Å². The molecule has 0 atom stereocenters. The molecule has 5 nitrogen and oxygen atoms in total. The second-order valence-electron chi connectivity index (χ2n) is 4.72. The summed E-state index contributed by atoms with van der Waals surface area (Å²) < 4.78 is 0. The van der Waals surface area contributed by atoms with Crippen LogP contribution in [-0.4, -0.2) is 15.2 Å². The summed E-state index contributed by atoms with van der Waals surface area (Å²) in [5.41, 5.74) is 5.37. The lowest BCUT2D eigenvalue weighted by Gasteiger charge is -2.10. The summed E-state index contributed by atoms with van der Waals surface area (Å²) in [6, 6.07) is 12.2. The topological polar surface area (TPSA) is 65.6 Å². The molecule has 1 aliphatic heterocycles. The lowest BCUT2D eigenvalue weighted by Crippen LogP contribution is -1.98. The number of rotatable bonds is 1. The Labute approximate surface area is 116 Å². The Morgan fingerprint density at radius 3 is 2.90 bits per heavy atom. The van der Waals surface area contributed by atoms with Gasteiger partial charge in [-0.25, -0.2) is 4.98 Å². The van der Waals surface area contributed by atoms with E-state index < -0.39 is 0 Å². The summed E-state index contributed by atoms with van der Waals surface area (Å²) in [4.78, 5) is 4.38. The normalized spacial score (nSPS) is 12.6. The van der Waals surface area contributed by atoms with Gasteiger partial charge in [0.25, 0.3) is 0 Å². The molecule has 1 aliphatic rings. The van der Waals surface area contributed by atoms with Crippen molar-refractivity contribution in [3.63, 3.8) is 0 Å². The van der Waals surface area contributed by atoms with Gasteiger partial charge >= 0.3 is 0 Å². The summed E-state index contributed by atoms with van der Waals surface area (Å²) in [5.74, 6) is 0.910. The van der Waals surface area contributed by atoms with E-state index in [1.54, 1.807) is 12.4 Å². The third-order valence-corrected chi connectivity index (χ3v) is 3.44. The Kier molecular flexibility index (Phi) is 2.42. The molecule has 0 saturated carbocycles. The molecule has 98 valence electrons. The molecule has 0 bridgehead atoms. The average molecular weight is 263 g/mol. The van der Waals surface area contributed by atoms with Crippen molar-refractivity contribution in [1.29, 1.82) is 0 Å². The highest BCUT2D eigenvalue weighted by Crippen LogP contribution is 2.33. The Hall–Kier alpha value is -2.82. The van der Waals surface area contributed by atoms with Crippen molar-refractivity contribution in [2.45, 2.75) is 6.54 Å². The van der Waals surface area contributed by atoms with E-state index in [4.69, 9.17) is 0 Å². The van der Waals surface area contributed by atoms with E-state index in [1.165, 1.54) is 0 Å². The van der Waals surface area contributed by atoms with Gasteiger partial charge in [-0.2, -0.15) is 5.10 Å². The Morgan fingerprint density at radius 2 is 2.00 bits per heavy atom. The van der Waals surface area contributed by atoms with Crippen LogP contribution in [0.3, 0.4) is 0 Å². The van der Waals surface area contributed by atoms with Gasteiger partial charge in [0.05, 0.1) is 17.1 Å². The van der Waals surface area contributed by atoms with Gasteiger partial charge in [-0.3, -0.25) is 5.10 Å². The summed E-state index contributed by atoms with van der Waals surface area (Å²) in [6.45, 7) is 0.760. The maximum Gasteiger partial charge on any atom is 0.135 e. The van der Waals surface area contributed by atoms with E-state index in [9.17, 15) is 0 Å². The van der Waals surface area contributed by atoms with Gasteiger partial charge in [0.1, 0.15) is 5.82 Å². The number of anilines is 3. The molecular weight excluding hydrogens is 250 g/mol. The number of hydrogen-bond donors (Lipinski definition) is 3. The fraction of sp³-hybridized carbons (Fsp3) is 0.0667. The molecule has 4 rings (SSSR count). The molecule has 0 fully saturated rings. The average Bonchev–Trinajstić information content (AvgIpc) is 2.95. The first-order valence-electron chi connectivity index (χ1n) is 6.49. The maximum absolute atomic E-state index is 4.38. The van der Waals surface area contributed by atoms with E-state index in [1.807, 2.05) is 12.1 Å². The van der Waals surface area contributed by atoms with Crippen LogP contribution in [-0.2, 0) is 6.54 Å². The third-order valence-electron chi connectivity index (χ3n) is 3.44. The highest BCUT2D eigenvalue weighted by molar-refractivity contribution is 5.80. The number of nitrogens with zero attached hydrogens (tertiary/aromatic N) is 2. The quantitative estimate of drug-likeness (QED) is 0.631. The Morgan fingerprint density at radius 1 is 1.00 bits per heavy atom. The summed E-state index contributed by atoms with van der Waals surface area (Å²) in [5, 5.41) is 13.8. The van der Waals surface area contributed by atoms with E-state index >= 15 is 0 Å². The van der Waals surface area contributed by atoms with Crippen molar-refractivity contribution in [1.82, 2.24) is 15.2 Å². The number of hydrogen-bond acceptors (Lipinski definition) is 4. The van der Waals surface area contributed by atoms with Crippen LogP contribution in [0.15, 0.2) is 48.8 Å². The number of aromatic nitrogens is 3. The molecule has 2 aromatic heterocycles. The first-order valence-corrected chi connectivity index (χ1v) is 6.49. The largest absolute Gasteiger partial charge is 0.379 e. The predicted molar refractivity (Wildman–Crippen MR) is 78.9 cm³/mol. The van der Waals surface area contributed by atoms with Gasteiger partial charge in [0.2, 0.25) is 0 Å². The minimum atomic E-state index is 0.760. The first-order chi connectivity index (χ1) is 9.90. The van der Waals surface area contributed by atoms with Crippen molar-refractivity contribution in [3.05, 3.63) is 54.4 Å². The van der Waals surface area contributed by atoms with Crippen LogP contribution in [0.5, 0.6) is 0 Å². The van der Waals surface area contributed by atoms with Crippen molar-refractivity contribution >= 4 is 17.2 Å². The Balaban J connectivity index is 1.76. The fourth-order valence-corrected chi connectivity index (χ4v) is 2.40. The zero-order chi connectivity index (χ0) is 13.4. The predicted octanol–water partition coefficient (Wildman–Crippen LogP) is 3.14. The SMILES string of the molecule is c1cnc2c(c1)CNc1cc(-c3ccn[nH]3)ccc1N2. The maximum atomic E-state index is 4.38. The summed E-state index contributed by atoms with van der Waals surface area (Å²) in [6.07, 6.45) is 3.56. The standard InChI is InChI=1S/C15H13N5/c1-2-11-9-17-14-8-10(12-5-7-18-20-12)3-4-13(14)19-15(11)16-6-1/h1-8,17H,9H2,(H,16,19)(H,18,20). The second kappa shape index (κ2) is 4.38. The van der Waals surface area contributed by atoms with Crippen LogP contribution in [0.1, 0.15) is 5.56 Å². The molecule has 0 amide bonds. The smallest absolute Gasteiger partial charge is 0.135 e. The number of nitrogens with one attached hydrogen (secondary N) is 3. The molecule has 0 aliphatic carbocycles. The van der Waals surface area contributed by atoms with Gasteiger partial charge in [-0.1, -0.05) is 12.1 Å². The molecule has 3 N–H and O–H groups in total. The van der Waals surface area contributed by atoms with Gasteiger partial charge in [0.15, 0.2) is 0 Å². The monoisotopic (exact) mass is 263 g/mol. The van der Waals surface area contributed by atoms with E-state index in [2.05, 4.69) is 50.1 Å². The van der Waals surface area contributed by atoms with Crippen LogP contribution in [0, 0.1) is 0 Å². The number of pyridine rings is 1. The molecule has 3 heterocycles. The van der Waals surface area contributed by atoms with Gasteiger partial charge in [0, 0.05) is 30.1 Å². The number of fused-ring (bicyclic) bond motifs is 2. The molecule has 1 aromatic carbocycles. The lowest BCUT2D eigenvalue weighted by molar-refractivity contribution is 1.09. The molecule has 0 spiro atoms. The van der Waals surface area contributed by atoms with Crippen molar-refractivity contribution in [2.75, 3.05) is 10.6 Å². The number of benzene rings is 1. The highest BCUT2D eigenvalue weighted by Gasteiger charge is 2.13. The zero-order valence-corrected chi connectivity index (χ0v) is 10.7. The molecule has 0 radical (unpaired) electrons. The van der Waals surface area contributed by atoms with E-state index in [0.29, 0.717) is 0 Å². The Bertz CT molecular complexity index is 749. The fourth-order valence-electron chi connectivity index (χ4n) is 2.40. The molecule has 0 saturated heterocycles. The van der Waals surface area contributed by atoms with Crippen LogP contribution in [0.2, 0.25) is 0 Å². The van der Waals surface area contributed by atoms with Crippen LogP contribution < -0.4 is 10.6 Å². The summed E-state index contributed by atoms with van der Waals surface area (Å²) in [7, 11) is 0. The molecule has 0 unspecified atom stereocenters. The molecule has 3 aromatic rings. The van der Waals surface area contributed by atoms with Crippen LogP contribution in [0.25, 0.3) is 11.3 Å². The van der Waals surface area contributed by atoms with Crippen LogP contribution >= 0.6 is 0 Å². The number of aromatic amines is 1. The number of H-pyrrole nitrogens is 1. The van der Waals surface area contributed by atoms with Crippen molar-refractivity contribution < 1.29 is 0 Å². The zero-order valence-electron chi connectivity index (χ0n) is 10.7. The molecule has 5 heteroatoms. The van der Waals surface area contributed by atoms with Crippen LogP contribution in [0.4, 0.5) is 17.2 Å². The third kappa shape index (κ3) is 1.80. The van der Waals surface area contributed by atoms with Gasteiger partial charge in [-0.15, -0.1) is 0 Å².